The molecular formula is C49H57F2N13O5. The number of amides is 4. The van der Waals surface area contributed by atoms with Crippen molar-refractivity contribution in [1.29, 1.82) is 5.26 Å². The quantitative estimate of drug-likeness (QED) is 0.120. The van der Waals surface area contributed by atoms with E-state index in [4.69, 9.17) is 4.98 Å². The van der Waals surface area contributed by atoms with Crippen LogP contribution < -0.4 is 25.8 Å². The number of anilines is 3. The van der Waals surface area contributed by atoms with E-state index in [1.807, 2.05) is 41.4 Å². The number of likely N-dealkylation sites (tertiary alicyclic amines) is 1. The number of aliphatic hydroxyl groups is 1. The molecule has 69 heavy (non-hydrogen) atoms. The minimum atomic E-state index is -1.23. The number of carbonyl (C=O) groups is 4. The number of rotatable bonds is 12. The number of pyridine rings is 1. The van der Waals surface area contributed by atoms with E-state index in [-0.39, 0.29) is 66.9 Å². The molecule has 9 rings (SSSR count). The molecule has 4 saturated heterocycles. The average Bonchev–Trinajstić information content (AvgIpc) is 4.01. The number of piperidine rings is 4. The standard InChI is InChI=1S/C49H57F2N13O5/c1-4-48(47(68)56-30(2)3)11-17-62(18-12-48)45-37(51)21-31(25-53-45)43-44-32(24-52)26-55-64(44)29-39(58-43)33-27-54-63(28-33)35-9-15-61(16-10-35)42(66)23-49(69)13-19-60(20-14-49)40-7-5-34(22-36(40)50)57-38-6-8-41(65)59-46(38)67/h5,7,21-22,25-30,35,38,57,69H,4,6,8-20,23H2,1-3H3,(H,56,68)(H,59,65,67). The molecule has 18 nitrogen and oxygen atoms in total. The van der Waals surface area contributed by atoms with Crippen molar-refractivity contribution in [3.05, 3.63) is 72.4 Å². The van der Waals surface area contributed by atoms with Crippen molar-refractivity contribution in [3.63, 3.8) is 0 Å². The number of nitriles is 1. The van der Waals surface area contributed by atoms with Crippen LogP contribution in [0.25, 0.3) is 28.0 Å². The van der Waals surface area contributed by atoms with Gasteiger partial charge in [-0.2, -0.15) is 15.5 Å². The van der Waals surface area contributed by atoms with Crippen LogP contribution in [-0.4, -0.2) is 120 Å². The predicted molar refractivity (Wildman–Crippen MR) is 252 cm³/mol. The Bertz CT molecular complexity index is 2810. The minimum absolute atomic E-state index is 0.0135. The van der Waals surface area contributed by atoms with Crippen LogP contribution in [0.15, 0.2) is 55.2 Å². The molecule has 0 saturated carbocycles. The first-order valence-electron chi connectivity index (χ1n) is 23.8. The van der Waals surface area contributed by atoms with E-state index >= 15 is 8.78 Å². The molecule has 4 aliphatic heterocycles. The van der Waals surface area contributed by atoms with Crippen molar-refractivity contribution >= 4 is 46.3 Å². The number of hydrogen-bond donors (Lipinski definition) is 4. The first kappa shape index (κ1) is 47.1. The first-order chi connectivity index (χ1) is 33.1. The molecule has 4 amide bonds. The molecule has 0 bridgehead atoms. The van der Waals surface area contributed by atoms with Gasteiger partial charge in [0.1, 0.15) is 29.0 Å². The van der Waals surface area contributed by atoms with Crippen LogP contribution in [0.3, 0.4) is 0 Å². The normalized spacial score (nSPS) is 19.7. The van der Waals surface area contributed by atoms with Gasteiger partial charge in [0.15, 0.2) is 11.6 Å². The van der Waals surface area contributed by atoms with Crippen molar-refractivity contribution < 1.29 is 33.1 Å². The maximum absolute atomic E-state index is 16.1. The highest BCUT2D eigenvalue weighted by Crippen LogP contribution is 2.39. The lowest BCUT2D eigenvalue weighted by Crippen LogP contribution is -2.50. The van der Waals surface area contributed by atoms with Crippen LogP contribution in [0.5, 0.6) is 0 Å². The molecule has 20 heteroatoms. The Labute approximate surface area is 398 Å². The molecule has 5 aromatic rings. The number of hydrogen-bond acceptors (Lipinski definition) is 13. The number of halogens is 2. The number of nitrogens with zero attached hydrogens (tertiary/aromatic N) is 10. The summed E-state index contributed by atoms with van der Waals surface area (Å²) in [6.07, 6.45) is 12.5. The average molecular weight is 946 g/mol. The molecule has 0 spiro atoms. The van der Waals surface area contributed by atoms with Gasteiger partial charge in [0, 0.05) is 80.9 Å². The van der Waals surface area contributed by atoms with Crippen molar-refractivity contribution in [2.24, 2.45) is 5.41 Å². The van der Waals surface area contributed by atoms with Crippen LogP contribution in [0.2, 0.25) is 0 Å². The second-order valence-corrected chi connectivity index (χ2v) is 19.2. The van der Waals surface area contributed by atoms with E-state index in [1.165, 1.54) is 18.3 Å². The fourth-order valence-corrected chi connectivity index (χ4v) is 10.2. The molecule has 4 N–H and O–H groups in total. The van der Waals surface area contributed by atoms with Gasteiger partial charge in [0.05, 0.1) is 59.1 Å². The van der Waals surface area contributed by atoms with Gasteiger partial charge in [-0.25, -0.2) is 23.3 Å². The topological polar surface area (TPSA) is 219 Å². The Kier molecular flexibility index (Phi) is 13.1. The Hall–Kier alpha value is -7.01. The fourth-order valence-electron chi connectivity index (χ4n) is 10.2. The lowest BCUT2D eigenvalue weighted by molar-refractivity contribution is -0.139. The van der Waals surface area contributed by atoms with Gasteiger partial charge < -0.3 is 30.4 Å². The van der Waals surface area contributed by atoms with E-state index in [2.05, 4.69) is 37.2 Å². The third kappa shape index (κ3) is 9.69. The molecule has 4 aliphatic rings. The summed E-state index contributed by atoms with van der Waals surface area (Å²) in [5, 5.41) is 38.9. The highest BCUT2D eigenvalue weighted by Gasteiger charge is 2.41. The molecular weight excluding hydrogens is 889 g/mol. The van der Waals surface area contributed by atoms with Gasteiger partial charge >= 0.3 is 0 Å². The Morgan fingerprint density at radius 3 is 2.33 bits per heavy atom. The Balaban J connectivity index is 0.810. The van der Waals surface area contributed by atoms with E-state index in [0.717, 1.165) is 0 Å². The van der Waals surface area contributed by atoms with Crippen LogP contribution >= 0.6 is 0 Å². The molecule has 4 aromatic heterocycles. The highest BCUT2D eigenvalue weighted by molar-refractivity contribution is 6.01. The zero-order valence-electron chi connectivity index (χ0n) is 39.1. The summed E-state index contributed by atoms with van der Waals surface area (Å²) in [5.41, 5.74) is 1.63. The summed E-state index contributed by atoms with van der Waals surface area (Å²) in [6.45, 7) is 8.51. The summed E-state index contributed by atoms with van der Waals surface area (Å²) in [7, 11) is 0. The number of nitrogens with one attached hydrogen (secondary N) is 3. The highest BCUT2D eigenvalue weighted by atomic mass is 19.1. The zero-order chi connectivity index (χ0) is 48.6. The van der Waals surface area contributed by atoms with Crippen molar-refractivity contribution in [2.75, 3.05) is 54.4 Å². The minimum Gasteiger partial charge on any atom is -0.389 e. The van der Waals surface area contributed by atoms with Crippen LogP contribution in [0.4, 0.5) is 26.0 Å². The predicted octanol–water partition coefficient (Wildman–Crippen LogP) is 5.13. The maximum atomic E-state index is 16.1. The second-order valence-electron chi connectivity index (χ2n) is 19.2. The van der Waals surface area contributed by atoms with E-state index in [9.17, 15) is 29.5 Å². The van der Waals surface area contributed by atoms with Gasteiger partial charge in [-0.05, 0) is 89.5 Å². The molecule has 1 aromatic carbocycles. The number of carbonyl (C=O) groups excluding carboxylic acids is 4. The van der Waals surface area contributed by atoms with E-state index < -0.39 is 34.6 Å². The fraction of sp³-hybridized carbons (Fsp3) is 0.490. The molecule has 0 radical (unpaired) electrons. The number of imide groups is 1. The zero-order valence-corrected chi connectivity index (χ0v) is 39.1. The largest absolute Gasteiger partial charge is 0.389 e. The second kappa shape index (κ2) is 19.2. The lowest BCUT2D eigenvalue weighted by Gasteiger charge is -2.41. The monoisotopic (exact) mass is 945 g/mol. The Morgan fingerprint density at radius 1 is 0.928 bits per heavy atom. The smallest absolute Gasteiger partial charge is 0.249 e. The number of fused-ring (bicyclic) bond motifs is 1. The Morgan fingerprint density at radius 2 is 1.67 bits per heavy atom. The molecule has 1 unspecified atom stereocenters. The van der Waals surface area contributed by atoms with E-state index in [1.54, 1.807) is 40.1 Å². The number of benzene rings is 1. The molecule has 362 valence electrons. The summed E-state index contributed by atoms with van der Waals surface area (Å²) in [4.78, 5) is 65.3. The van der Waals surface area contributed by atoms with E-state index in [0.29, 0.717) is 117 Å². The molecule has 8 heterocycles. The van der Waals surface area contributed by atoms with Gasteiger partial charge in [0.25, 0.3) is 0 Å². The third-order valence-corrected chi connectivity index (χ3v) is 14.4. The first-order valence-corrected chi connectivity index (χ1v) is 23.8. The molecule has 1 atom stereocenters. The van der Waals surface area contributed by atoms with Crippen molar-refractivity contribution in [3.8, 4) is 28.6 Å². The van der Waals surface area contributed by atoms with Crippen LogP contribution in [0, 0.1) is 28.4 Å². The lowest BCUT2D eigenvalue weighted by atomic mass is 9.75. The van der Waals surface area contributed by atoms with Crippen molar-refractivity contribution in [2.45, 2.75) is 109 Å². The summed E-state index contributed by atoms with van der Waals surface area (Å²) >= 11 is 0. The summed E-state index contributed by atoms with van der Waals surface area (Å²) in [6, 6.07) is 7.58. The van der Waals surface area contributed by atoms with Crippen LogP contribution in [0.1, 0.15) is 96.6 Å². The number of aromatic nitrogens is 6. The molecule has 4 fully saturated rings. The van der Waals surface area contributed by atoms with Crippen molar-refractivity contribution in [1.82, 2.24) is 44.9 Å². The van der Waals surface area contributed by atoms with Crippen LogP contribution in [-0.2, 0) is 19.2 Å². The third-order valence-electron chi connectivity index (χ3n) is 14.4. The van der Waals surface area contributed by atoms with Gasteiger partial charge in [-0.15, -0.1) is 0 Å². The van der Waals surface area contributed by atoms with Gasteiger partial charge in [-0.1, -0.05) is 6.92 Å². The van der Waals surface area contributed by atoms with Gasteiger partial charge in [-0.3, -0.25) is 29.2 Å². The molecule has 0 aliphatic carbocycles. The summed E-state index contributed by atoms with van der Waals surface area (Å²) in [5.74, 6) is -1.69. The SMILES string of the molecule is CCC1(C(=O)NC(C)C)CCN(c2ncc(-c3nc(-c4cnn(C5CCN(C(=O)CC6(O)CCN(c7ccc(NC8CCC(=O)NC8=O)cc7F)CC6)CC5)c4)cn4ncc(C#N)c34)cc2F)CC1. The summed E-state index contributed by atoms with van der Waals surface area (Å²) < 4.78 is 34.8. The van der Waals surface area contributed by atoms with Gasteiger partial charge in [0.2, 0.25) is 23.6 Å². The maximum Gasteiger partial charge on any atom is 0.249 e.